The molecule has 0 bridgehead atoms. The number of amides is 2. The zero-order valence-electron chi connectivity index (χ0n) is 19.0. The maximum absolute atomic E-state index is 12.4. The van der Waals surface area contributed by atoms with Gasteiger partial charge < -0.3 is 15.1 Å². The van der Waals surface area contributed by atoms with Gasteiger partial charge in [0.2, 0.25) is 5.95 Å². The molecule has 8 nitrogen and oxygen atoms in total. The largest absolute Gasteiger partial charge is 0.339 e. The number of aromatic amines is 1. The van der Waals surface area contributed by atoms with Gasteiger partial charge in [0.25, 0.3) is 5.56 Å². The van der Waals surface area contributed by atoms with Crippen LogP contribution >= 0.6 is 0 Å². The smallest absolute Gasteiger partial charge is 0.317 e. The summed E-state index contributed by atoms with van der Waals surface area (Å²) in [5, 5.41) is 3.00. The molecule has 0 radical (unpaired) electrons. The molecule has 0 atom stereocenters. The first-order valence-corrected chi connectivity index (χ1v) is 10.9. The van der Waals surface area contributed by atoms with Crippen LogP contribution in [-0.4, -0.2) is 64.1 Å². The zero-order chi connectivity index (χ0) is 22.4. The molecule has 1 saturated heterocycles. The van der Waals surface area contributed by atoms with Crippen LogP contribution in [0.4, 0.5) is 10.7 Å². The summed E-state index contributed by atoms with van der Waals surface area (Å²) in [7, 11) is 0. The van der Waals surface area contributed by atoms with Gasteiger partial charge in [0, 0.05) is 50.9 Å². The van der Waals surface area contributed by atoms with Gasteiger partial charge in [-0.15, -0.1) is 0 Å². The molecule has 2 N–H and O–H groups in total. The number of aromatic nitrogens is 2. The van der Waals surface area contributed by atoms with E-state index in [4.69, 9.17) is 4.98 Å². The average molecular weight is 427 g/mol. The van der Waals surface area contributed by atoms with E-state index in [1.165, 1.54) is 5.56 Å². The van der Waals surface area contributed by atoms with Crippen molar-refractivity contribution in [2.45, 2.75) is 46.3 Å². The topological polar surface area (TPSA) is 84.6 Å². The minimum absolute atomic E-state index is 0.0538. The highest BCUT2D eigenvalue weighted by atomic mass is 16.2. The molecule has 8 heteroatoms. The molecular weight excluding hydrogens is 392 g/mol. The molecular formula is C23H34N6O2. The molecule has 3 rings (SSSR count). The van der Waals surface area contributed by atoms with Crippen molar-refractivity contribution in [3.05, 3.63) is 58.0 Å². The molecule has 1 aromatic heterocycles. The predicted molar refractivity (Wildman–Crippen MR) is 123 cm³/mol. The van der Waals surface area contributed by atoms with Crippen molar-refractivity contribution in [3.63, 3.8) is 0 Å². The van der Waals surface area contributed by atoms with Crippen molar-refractivity contribution < 1.29 is 4.79 Å². The fraction of sp³-hybridized carbons (Fsp3) is 0.522. The van der Waals surface area contributed by atoms with Gasteiger partial charge in [-0.3, -0.25) is 14.7 Å². The van der Waals surface area contributed by atoms with Crippen LogP contribution in [0.3, 0.4) is 0 Å². The second kappa shape index (κ2) is 9.96. The third kappa shape index (κ3) is 6.82. The van der Waals surface area contributed by atoms with E-state index < -0.39 is 0 Å². The molecule has 168 valence electrons. The number of piperazine rings is 1. The van der Waals surface area contributed by atoms with Crippen molar-refractivity contribution in [3.8, 4) is 0 Å². The number of carbonyl (C=O) groups excluding carboxylic acids is 1. The van der Waals surface area contributed by atoms with Crippen molar-refractivity contribution in [2.24, 2.45) is 0 Å². The predicted octanol–water partition coefficient (Wildman–Crippen LogP) is 2.42. The van der Waals surface area contributed by atoms with Crippen molar-refractivity contribution >= 4 is 12.0 Å². The van der Waals surface area contributed by atoms with Gasteiger partial charge in [0.05, 0.1) is 5.69 Å². The molecule has 0 aliphatic carbocycles. The first kappa shape index (κ1) is 22.8. The summed E-state index contributed by atoms with van der Waals surface area (Å²) in [6.07, 6.45) is 0. The van der Waals surface area contributed by atoms with E-state index in [9.17, 15) is 9.59 Å². The third-order valence-electron chi connectivity index (χ3n) is 5.21. The van der Waals surface area contributed by atoms with Gasteiger partial charge in [-0.05, 0) is 32.9 Å². The fourth-order valence-electron chi connectivity index (χ4n) is 3.60. The first-order valence-electron chi connectivity index (χ1n) is 10.9. The molecule has 1 aromatic carbocycles. The van der Waals surface area contributed by atoms with Gasteiger partial charge in [-0.25, -0.2) is 9.78 Å². The molecule has 1 aliphatic rings. The van der Waals surface area contributed by atoms with E-state index >= 15 is 0 Å². The Morgan fingerprint density at radius 3 is 2.42 bits per heavy atom. The Morgan fingerprint density at radius 2 is 1.81 bits per heavy atom. The van der Waals surface area contributed by atoms with E-state index in [1.54, 1.807) is 6.07 Å². The molecule has 2 aromatic rings. The Labute approximate surface area is 184 Å². The lowest BCUT2D eigenvalue weighted by Gasteiger charge is -2.36. The van der Waals surface area contributed by atoms with Crippen LogP contribution in [0, 0.1) is 0 Å². The van der Waals surface area contributed by atoms with E-state index in [2.05, 4.69) is 34.3 Å². The highest BCUT2D eigenvalue weighted by molar-refractivity contribution is 5.75. The lowest BCUT2D eigenvalue weighted by molar-refractivity contribution is 0.185. The number of nitrogens with one attached hydrogen (secondary N) is 2. The molecule has 2 heterocycles. The number of hydrogen-bond acceptors (Lipinski definition) is 5. The summed E-state index contributed by atoms with van der Waals surface area (Å²) in [4.78, 5) is 38.4. The lowest BCUT2D eigenvalue weighted by atomic mass is 10.1. The van der Waals surface area contributed by atoms with Crippen molar-refractivity contribution in [1.29, 1.82) is 0 Å². The normalized spacial score (nSPS) is 14.7. The van der Waals surface area contributed by atoms with Crippen LogP contribution in [0.25, 0.3) is 0 Å². The van der Waals surface area contributed by atoms with E-state index in [0.717, 1.165) is 18.8 Å². The van der Waals surface area contributed by atoms with Crippen molar-refractivity contribution in [2.75, 3.05) is 37.6 Å². The summed E-state index contributed by atoms with van der Waals surface area (Å²) in [6.45, 7) is 12.7. The van der Waals surface area contributed by atoms with E-state index in [1.807, 2.05) is 48.8 Å². The summed E-state index contributed by atoms with van der Waals surface area (Å²) < 4.78 is 0. The highest BCUT2D eigenvalue weighted by Crippen LogP contribution is 2.13. The number of carbonyl (C=O) groups is 1. The molecule has 1 aliphatic heterocycles. The minimum Gasteiger partial charge on any atom is -0.339 e. The number of H-pyrrole nitrogens is 1. The molecule has 0 unspecified atom stereocenters. The van der Waals surface area contributed by atoms with Gasteiger partial charge in [-0.1, -0.05) is 37.3 Å². The van der Waals surface area contributed by atoms with E-state index in [-0.39, 0.29) is 17.1 Å². The zero-order valence-corrected chi connectivity index (χ0v) is 19.0. The number of hydrogen-bond donors (Lipinski definition) is 2. The number of benzene rings is 1. The molecule has 0 saturated carbocycles. The van der Waals surface area contributed by atoms with Crippen LogP contribution < -0.4 is 15.8 Å². The van der Waals surface area contributed by atoms with Crippen LogP contribution in [0.5, 0.6) is 0 Å². The number of nitrogens with zero attached hydrogens (tertiary/aromatic N) is 4. The third-order valence-corrected chi connectivity index (χ3v) is 5.21. The van der Waals surface area contributed by atoms with E-state index in [0.29, 0.717) is 38.7 Å². The maximum atomic E-state index is 12.4. The lowest BCUT2D eigenvalue weighted by Crippen LogP contribution is -2.55. The van der Waals surface area contributed by atoms with Gasteiger partial charge in [0.1, 0.15) is 0 Å². The average Bonchev–Trinajstić information content (AvgIpc) is 2.72. The van der Waals surface area contributed by atoms with Gasteiger partial charge >= 0.3 is 6.03 Å². The highest BCUT2D eigenvalue weighted by Gasteiger charge is 2.25. The standard InChI is InChI=1S/C23H34N6O2/c1-5-27(16-18-9-7-6-8-10-18)17-19-15-20(30)25-21(24-19)28-11-13-29(14-12-28)22(31)26-23(2,3)4/h6-10,15H,5,11-14,16-17H2,1-4H3,(H,26,31)(H,24,25,30). The Bertz CT molecular complexity index is 914. The second-order valence-electron chi connectivity index (χ2n) is 9.00. The number of rotatable bonds is 6. The second-order valence-corrected chi connectivity index (χ2v) is 9.00. The van der Waals surface area contributed by atoms with Crippen LogP contribution in [0.15, 0.2) is 41.2 Å². The maximum Gasteiger partial charge on any atom is 0.317 e. The summed E-state index contributed by atoms with van der Waals surface area (Å²) in [5.74, 6) is 0.578. The van der Waals surface area contributed by atoms with Crippen LogP contribution in [-0.2, 0) is 13.1 Å². The molecule has 0 spiro atoms. The SMILES string of the molecule is CCN(Cc1ccccc1)Cc1cc(=O)[nH]c(N2CCN(C(=O)NC(C)(C)C)CC2)n1. The van der Waals surface area contributed by atoms with Gasteiger partial charge in [-0.2, -0.15) is 0 Å². The molecule has 31 heavy (non-hydrogen) atoms. The van der Waals surface area contributed by atoms with Gasteiger partial charge in [0.15, 0.2) is 0 Å². The quantitative estimate of drug-likeness (QED) is 0.741. The monoisotopic (exact) mass is 426 g/mol. The summed E-state index contributed by atoms with van der Waals surface area (Å²) in [5.41, 5.74) is 1.58. The van der Waals surface area contributed by atoms with Crippen LogP contribution in [0.1, 0.15) is 39.0 Å². The summed E-state index contributed by atoms with van der Waals surface area (Å²) >= 11 is 0. The Balaban J connectivity index is 1.63. The Morgan fingerprint density at radius 1 is 1.13 bits per heavy atom. The molecule has 2 amide bonds. The Kier molecular flexibility index (Phi) is 7.33. The van der Waals surface area contributed by atoms with Crippen LogP contribution in [0.2, 0.25) is 0 Å². The van der Waals surface area contributed by atoms with Crippen molar-refractivity contribution in [1.82, 2.24) is 25.1 Å². The first-order chi connectivity index (χ1) is 14.7. The Hall–Kier alpha value is -2.87. The number of urea groups is 1. The minimum atomic E-state index is -0.264. The number of anilines is 1. The summed E-state index contributed by atoms with van der Waals surface area (Å²) in [6, 6.07) is 11.8. The molecule has 1 fully saturated rings. The fourth-order valence-corrected chi connectivity index (χ4v) is 3.60.